The van der Waals surface area contributed by atoms with Crippen LogP contribution in [0.5, 0.6) is 0 Å². The van der Waals surface area contributed by atoms with Crippen LogP contribution in [0.15, 0.2) is 0 Å². The molecule has 1 heterocycles. The molecule has 0 aromatic heterocycles. The highest BCUT2D eigenvalue weighted by Gasteiger charge is 2.37. The van der Waals surface area contributed by atoms with Gasteiger partial charge in [0.25, 0.3) is 0 Å². The van der Waals surface area contributed by atoms with E-state index in [4.69, 9.17) is 10.8 Å². The number of carbonyl (C=O) groups excluding carboxylic acids is 2. The van der Waals surface area contributed by atoms with E-state index in [1.165, 1.54) is 4.90 Å². The first-order valence-corrected chi connectivity index (χ1v) is 5.76. The Balaban J connectivity index is 2.71. The van der Waals surface area contributed by atoms with Crippen molar-refractivity contribution in [1.82, 2.24) is 4.90 Å². The van der Waals surface area contributed by atoms with E-state index in [1.807, 2.05) is 6.92 Å². The zero-order valence-corrected chi connectivity index (χ0v) is 9.89. The molecule has 0 saturated carbocycles. The SMILES string of the molecule is CCCC1CC(=O)N(C(CC(=O)O)C(N)=O)C1. The van der Waals surface area contributed by atoms with Gasteiger partial charge in [0.05, 0.1) is 6.42 Å². The predicted octanol–water partition coefficient (Wildman–Crippen LogP) is -0.0364. The summed E-state index contributed by atoms with van der Waals surface area (Å²) in [5.41, 5.74) is 5.15. The van der Waals surface area contributed by atoms with Gasteiger partial charge < -0.3 is 15.7 Å². The molecular weight excluding hydrogens is 224 g/mol. The second-order valence-corrected chi connectivity index (χ2v) is 4.42. The number of primary amides is 1. The molecule has 1 aliphatic rings. The van der Waals surface area contributed by atoms with E-state index >= 15 is 0 Å². The average Bonchev–Trinajstić information content (AvgIpc) is 2.56. The zero-order valence-electron chi connectivity index (χ0n) is 9.89. The quantitative estimate of drug-likeness (QED) is 0.682. The third kappa shape index (κ3) is 3.44. The van der Waals surface area contributed by atoms with Crippen LogP contribution in [0.3, 0.4) is 0 Å². The summed E-state index contributed by atoms with van der Waals surface area (Å²) in [6.45, 7) is 2.46. The van der Waals surface area contributed by atoms with Gasteiger partial charge >= 0.3 is 5.97 Å². The van der Waals surface area contributed by atoms with E-state index in [1.54, 1.807) is 0 Å². The van der Waals surface area contributed by atoms with Crippen LogP contribution in [0.1, 0.15) is 32.6 Å². The molecule has 1 saturated heterocycles. The Kier molecular flexibility index (Phi) is 4.48. The maximum absolute atomic E-state index is 11.7. The highest BCUT2D eigenvalue weighted by Crippen LogP contribution is 2.24. The molecule has 1 fully saturated rings. The number of amides is 2. The van der Waals surface area contributed by atoms with Gasteiger partial charge in [-0.3, -0.25) is 14.4 Å². The summed E-state index contributed by atoms with van der Waals surface area (Å²) in [6, 6.07) is -1.01. The largest absolute Gasteiger partial charge is 0.481 e. The summed E-state index contributed by atoms with van der Waals surface area (Å²) >= 11 is 0. The molecule has 0 aromatic rings. The van der Waals surface area contributed by atoms with E-state index in [-0.39, 0.29) is 11.8 Å². The van der Waals surface area contributed by atoms with E-state index in [2.05, 4.69) is 0 Å². The highest BCUT2D eigenvalue weighted by atomic mass is 16.4. The number of hydrogen-bond donors (Lipinski definition) is 2. The number of carbonyl (C=O) groups is 3. The Bertz CT molecular complexity index is 329. The summed E-state index contributed by atoms with van der Waals surface area (Å²) < 4.78 is 0. The number of nitrogens with two attached hydrogens (primary N) is 1. The molecule has 17 heavy (non-hydrogen) atoms. The molecule has 0 aromatic carbocycles. The van der Waals surface area contributed by atoms with Gasteiger partial charge in [0.2, 0.25) is 11.8 Å². The third-order valence-electron chi connectivity index (χ3n) is 3.01. The Morgan fingerprint density at radius 1 is 1.59 bits per heavy atom. The van der Waals surface area contributed by atoms with Gasteiger partial charge in [-0.1, -0.05) is 13.3 Å². The van der Waals surface area contributed by atoms with Crippen molar-refractivity contribution in [1.29, 1.82) is 0 Å². The molecule has 0 aliphatic carbocycles. The van der Waals surface area contributed by atoms with Gasteiger partial charge in [0.15, 0.2) is 0 Å². The maximum Gasteiger partial charge on any atom is 0.305 e. The molecule has 3 N–H and O–H groups in total. The van der Waals surface area contributed by atoms with E-state index in [0.29, 0.717) is 13.0 Å². The average molecular weight is 242 g/mol. The fourth-order valence-corrected chi connectivity index (χ4v) is 2.24. The van der Waals surface area contributed by atoms with Crippen LogP contribution in [-0.4, -0.2) is 40.4 Å². The van der Waals surface area contributed by atoms with Crippen molar-refractivity contribution in [2.24, 2.45) is 11.7 Å². The summed E-state index contributed by atoms with van der Waals surface area (Å²) in [5, 5.41) is 8.70. The lowest BCUT2D eigenvalue weighted by molar-refractivity contribution is -0.144. The first-order chi connectivity index (χ1) is 7.95. The van der Waals surface area contributed by atoms with Gasteiger partial charge in [-0.15, -0.1) is 0 Å². The number of nitrogens with zero attached hydrogens (tertiary/aromatic N) is 1. The summed E-state index contributed by atoms with van der Waals surface area (Å²) in [7, 11) is 0. The Labute approximate surface area is 99.8 Å². The lowest BCUT2D eigenvalue weighted by Crippen LogP contribution is -2.46. The van der Waals surface area contributed by atoms with Crippen molar-refractivity contribution in [3.63, 3.8) is 0 Å². The minimum atomic E-state index is -1.12. The van der Waals surface area contributed by atoms with Gasteiger partial charge in [-0.05, 0) is 12.3 Å². The summed E-state index contributed by atoms with van der Waals surface area (Å²) in [4.78, 5) is 34.9. The van der Waals surface area contributed by atoms with Crippen LogP contribution >= 0.6 is 0 Å². The van der Waals surface area contributed by atoms with Gasteiger partial charge in [0, 0.05) is 13.0 Å². The van der Waals surface area contributed by atoms with E-state index in [9.17, 15) is 14.4 Å². The maximum atomic E-state index is 11.7. The number of hydrogen-bond acceptors (Lipinski definition) is 3. The first-order valence-electron chi connectivity index (χ1n) is 5.76. The molecule has 1 rings (SSSR count). The minimum Gasteiger partial charge on any atom is -0.481 e. The van der Waals surface area contributed by atoms with Crippen LogP contribution < -0.4 is 5.73 Å². The third-order valence-corrected chi connectivity index (χ3v) is 3.01. The lowest BCUT2D eigenvalue weighted by atomic mass is 10.0. The Hall–Kier alpha value is -1.59. The molecule has 0 radical (unpaired) electrons. The number of carboxylic acid groups (broad SMARTS) is 1. The number of carboxylic acids is 1. The Morgan fingerprint density at radius 3 is 2.71 bits per heavy atom. The molecule has 96 valence electrons. The normalized spacial score (nSPS) is 21.6. The van der Waals surface area contributed by atoms with Gasteiger partial charge in [-0.25, -0.2) is 0 Å². The van der Waals surface area contributed by atoms with Crippen molar-refractivity contribution in [2.75, 3.05) is 6.54 Å². The highest BCUT2D eigenvalue weighted by molar-refractivity contribution is 5.90. The van der Waals surface area contributed by atoms with E-state index < -0.39 is 24.3 Å². The summed E-state index contributed by atoms with van der Waals surface area (Å²) in [5.74, 6) is -1.84. The van der Waals surface area contributed by atoms with Crippen LogP contribution in [0.4, 0.5) is 0 Å². The number of aliphatic carboxylic acids is 1. The summed E-state index contributed by atoms with van der Waals surface area (Å²) in [6.07, 6.45) is 1.84. The van der Waals surface area contributed by atoms with Crippen molar-refractivity contribution in [2.45, 2.75) is 38.6 Å². The monoisotopic (exact) mass is 242 g/mol. The first kappa shape index (κ1) is 13.5. The smallest absolute Gasteiger partial charge is 0.305 e. The van der Waals surface area contributed by atoms with Crippen molar-refractivity contribution in [3.8, 4) is 0 Å². The number of rotatable bonds is 6. The molecule has 2 atom stereocenters. The molecular formula is C11H18N2O4. The Morgan fingerprint density at radius 2 is 2.24 bits per heavy atom. The van der Waals surface area contributed by atoms with Crippen LogP contribution in [0.25, 0.3) is 0 Å². The standard InChI is InChI=1S/C11H18N2O4/c1-2-3-7-4-9(14)13(6-7)8(11(12)17)5-10(15)16/h7-8H,2-6H2,1H3,(H2,12,17)(H,15,16). The molecule has 0 spiro atoms. The van der Waals surface area contributed by atoms with Crippen molar-refractivity contribution in [3.05, 3.63) is 0 Å². The predicted molar refractivity (Wildman–Crippen MR) is 60.0 cm³/mol. The number of likely N-dealkylation sites (tertiary alicyclic amines) is 1. The topological polar surface area (TPSA) is 101 Å². The minimum absolute atomic E-state index is 0.173. The second kappa shape index (κ2) is 5.65. The second-order valence-electron chi connectivity index (χ2n) is 4.42. The molecule has 2 unspecified atom stereocenters. The zero-order chi connectivity index (χ0) is 13.0. The van der Waals surface area contributed by atoms with Crippen LogP contribution in [0.2, 0.25) is 0 Å². The molecule has 2 amide bonds. The van der Waals surface area contributed by atoms with Crippen LogP contribution in [0, 0.1) is 5.92 Å². The van der Waals surface area contributed by atoms with Gasteiger partial charge in [-0.2, -0.15) is 0 Å². The fourth-order valence-electron chi connectivity index (χ4n) is 2.24. The molecule has 0 bridgehead atoms. The van der Waals surface area contributed by atoms with Crippen molar-refractivity contribution >= 4 is 17.8 Å². The van der Waals surface area contributed by atoms with Crippen molar-refractivity contribution < 1.29 is 19.5 Å². The van der Waals surface area contributed by atoms with E-state index in [0.717, 1.165) is 12.8 Å². The van der Waals surface area contributed by atoms with Gasteiger partial charge in [0.1, 0.15) is 6.04 Å². The molecule has 1 aliphatic heterocycles. The molecule has 6 heteroatoms. The lowest BCUT2D eigenvalue weighted by Gasteiger charge is -2.24. The molecule has 6 nitrogen and oxygen atoms in total. The fraction of sp³-hybridized carbons (Fsp3) is 0.727. The van der Waals surface area contributed by atoms with Crippen LogP contribution in [-0.2, 0) is 14.4 Å².